The standard InChI is InChI=1S/C26H26N2O3/c29-25(28-24-12-6-10-20-9-4-5-11-23(20)24)17-27-26(30)21-13-15-22(16-14-21)31-18-19-7-2-1-3-8-19/h1-5,7-9,11,13-16,24H,6,10,12,17-18H2,(H,27,30)(H,28,29). The molecule has 1 aliphatic rings. The summed E-state index contributed by atoms with van der Waals surface area (Å²) in [6.45, 7) is 0.417. The first kappa shape index (κ1) is 20.7. The number of nitrogens with one attached hydrogen (secondary N) is 2. The molecule has 1 aliphatic carbocycles. The van der Waals surface area contributed by atoms with Gasteiger partial charge >= 0.3 is 0 Å². The van der Waals surface area contributed by atoms with E-state index in [4.69, 9.17) is 4.74 Å². The average Bonchev–Trinajstić information content (AvgIpc) is 2.82. The van der Waals surface area contributed by atoms with E-state index in [0.717, 1.165) is 24.8 Å². The van der Waals surface area contributed by atoms with Crippen molar-refractivity contribution < 1.29 is 14.3 Å². The number of ether oxygens (including phenoxy) is 1. The van der Waals surface area contributed by atoms with Crippen molar-refractivity contribution in [2.45, 2.75) is 31.9 Å². The molecule has 0 aliphatic heterocycles. The molecule has 0 spiro atoms. The zero-order valence-electron chi connectivity index (χ0n) is 17.3. The first-order chi connectivity index (χ1) is 15.2. The molecule has 4 rings (SSSR count). The second-order valence-corrected chi connectivity index (χ2v) is 7.69. The van der Waals surface area contributed by atoms with Gasteiger partial charge in [0.25, 0.3) is 5.91 Å². The zero-order chi connectivity index (χ0) is 21.5. The van der Waals surface area contributed by atoms with Crippen molar-refractivity contribution in [2.24, 2.45) is 0 Å². The average molecular weight is 415 g/mol. The lowest BCUT2D eigenvalue weighted by molar-refractivity contribution is -0.121. The summed E-state index contributed by atoms with van der Waals surface area (Å²) in [6.07, 6.45) is 3.01. The highest BCUT2D eigenvalue weighted by Gasteiger charge is 2.21. The summed E-state index contributed by atoms with van der Waals surface area (Å²) >= 11 is 0. The van der Waals surface area contributed by atoms with E-state index in [1.807, 2.05) is 42.5 Å². The Morgan fingerprint density at radius 3 is 2.45 bits per heavy atom. The van der Waals surface area contributed by atoms with E-state index in [0.29, 0.717) is 17.9 Å². The van der Waals surface area contributed by atoms with Gasteiger partial charge < -0.3 is 15.4 Å². The molecule has 0 aromatic heterocycles. The van der Waals surface area contributed by atoms with Crippen LogP contribution in [0.25, 0.3) is 0 Å². The maximum absolute atomic E-state index is 12.4. The Labute approximate surface area is 182 Å². The molecule has 2 amide bonds. The number of fused-ring (bicyclic) bond motifs is 1. The fraction of sp³-hybridized carbons (Fsp3) is 0.231. The lowest BCUT2D eigenvalue weighted by atomic mass is 9.88. The predicted molar refractivity (Wildman–Crippen MR) is 120 cm³/mol. The molecule has 0 bridgehead atoms. The second-order valence-electron chi connectivity index (χ2n) is 7.69. The minimum Gasteiger partial charge on any atom is -0.489 e. The molecule has 1 unspecified atom stereocenters. The number of benzene rings is 3. The maximum atomic E-state index is 12.4. The van der Waals surface area contributed by atoms with Crippen LogP contribution in [-0.4, -0.2) is 18.4 Å². The minimum absolute atomic E-state index is 0.00963. The quantitative estimate of drug-likeness (QED) is 0.609. The van der Waals surface area contributed by atoms with Gasteiger partial charge in [-0.3, -0.25) is 9.59 Å². The molecule has 0 heterocycles. The van der Waals surface area contributed by atoms with Gasteiger partial charge in [-0.05, 0) is 60.2 Å². The molecular weight excluding hydrogens is 388 g/mol. The van der Waals surface area contributed by atoms with Gasteiger partial charge in [-0.25, -0.2) is 0 Å². The van der Waals surface area contributed by atoms with Crippen molar-refractivity contribution >= 4 is 11.8 Å². The highest BCUT2D eigenvalue weighted by atomic mass is 16.5. The van der Waals surface area contributed by atoms with Crippen LogP contribution in [0.15, 0.2) is 78.9 Å². The van der Waals surface area contributed by atoms with Crippen LogP contribution in [-0.2, 0) is 17.8 Å². The molecule has 0 saturated heterocycles. The number of hydrogen-bond acceptors (Lipinski definition) is 3. The fourth-order valence-electron chi connectivity index (χ4n) is 3.86. The molecule has 158 valence electrons. The second kappa shape index (κ2) is 9.94. The minimum atomic E-state index is -0.284. The molecule has 0 saturated carbocycles. The van der Waals surface area contributed by atoms with E-state index in [2.05, 4.69) is 22.8 Å². The summed E-state index contributed by atoms with van der Waals surface area (Å²) in [5.74, 6) is 0.223. The highest BCUT2D eigenvalue weighted by molar-refractivity contribution is 5.96. The molecule has 0 radical (unpaired) electrons. The third-order valence-corrected chi connectivity index (χ3v) is 5.48. The van der Waals surface area contributed by atoms with Crippen molar-refractivity contribution in [1.29, 1.82) is 0 Å². The smallest absolute Gasteiger partial charge is 0.251 e. The lowest BCUT2D eigenvalue weighted by Crippen LogP contribution is -2.39. The van der Waals surface area contributed by atoms with E-state index < -0.39 is 0 Å². The maximum Gasteiger partial charge on any atom is 0.251 e. The van der Waals surface area contributed by atoms with Gasteiger partial charge in [0.2, 0.25) is 5.91 Å². The largest absolute Gasteiger partial charge is 0.489 e. The van der Waals surface area contributed by atoms with Gasteiger partial charge in [-0.1, -0.05) is 54.6 Å². The van der Waals surface area contributed by atoms with Gasteiger partial charge in [-0.15, -0.1) is 0 Å². The number of hydrogen-bond donors (Lipinski definition) is 2. The van der Waals surface area contributed by atoms with Crippen LogP contribution >= 0.6 is 0 Å². The van der Waals surface area contributed by atoms with Gasteiger partial charge in [0.1, 0.15) is 12.4 Å². The SMILES string of the molecule is O=C(CNC(=O)c1ccc(OCc2ccccc2)cc1)NC1CCCc2ccccc21. The Balaban J connectivity index is 1.25. The summed E-state index contributed by atoms with van der Waals surface area (Å²) in [7, 11) is 0. The monoisotopic (exact) mass is 414 g/mol. The molecule has 1 atom stereocenters. The van der Waals surface area contributed by atoms with E-state index in [9.17, 15) is 9.59 Å². The first-order valence-corrected chi connectivity index (χ1v) is 10.6. The van der Waals surface area contributed by atoms with Crippen LogP contribution < -0.4 is 15.4 Å². The van der Waals surface area contributed by atoms with Crippen LogP contribution in [0.1, 0.15) is 45.9 Å². The summed E-state index contributed by atoms with van der Waals surface area (Å²) in [6, 6.07) is 25.0. The van der Waals surface area contributed by atoms with Crippen molar-refractivity contribution in [1.82, 2.24) is 10.6 Å². The van der Waals surface area contributed by atoms with Gasteiger partial charge in [-0.2, -0.15) is 0 Å². The summed E-state index contributed by atoms with van der Waals surface area (Å²) in [5, 5.41) is 5.75. The molecular formula is C26H26N2O3. The van der Waals surface area contributed by atoms with E-state index in [-0.39, 0.29) is 24.4 Å². The Morgan fingerprint density at radius 1 is 0.903 bits per heavy atom. The number of amides is 2. The van der Waals surface area contributed by atoms with Crippen molar-refractivity contribution in [3.05, 3.63) is 101 Å². The van der Waals surface area contributed by atoms with Gasteiger partial charge in [0.05, 0.1) is 12.6 Å². The van der Waals surface area contributed by atoms with Crippen molar-refractivity contribution in [3.8, 4) is 5.75 Å². The number of carbonyl (C=O) groups is 2. The molecule has 5 heteroatoms. The topological polar surface area (TPSA) is 67.4 Å². The van der Waals surface area contributed by atoms with Gasteiger partial charge in [0, 0.05) is 5.56 Å². The Kier molecular flexibility index (Phi) is 6.62. The fourth-order valence-corrected chi connectivity index (χ4v) is 3.86. The normalized spacial score (nSPS) is 14.9. The van der Waals surface area contributed by atoms with E-state index in [1.54, 1.807) is 24.3 Å². The molecule has 0 fully saturated rings. The van der Waals surface area contributed by atoms with E-state index >= 15 is 0 Å². The van der Waals surface area contributed by atoms with Crippen LogP contribution in [0.5, 0.6) is 5.75 Å². The van der Waals surface area contributed by atoms with Crippen molar-refractivity contribution in [2.75, 3.05) is 6.54 Å². The zero-order valence-corrected chi connectivity index (χ0v) is 17.3. The highest BCUT2D eigenvalue weighted by Crippen LogP contribution is 2.29. The van der Waals surface area contributed by atoms with Gasteiger partial charge in [0.15, 0.2) is 0 Å². The molecule has 3 aromatic rings. The first-order valence-electron chi connectivity index (χ1n) is 10.6. The van der Waals surface area contributed by atoms with Crippen LogP contribution in [0, 0.1) is 0 Å². The van der Waals surface area contributed by atoms with Crippen molar-refractivity contribution in [3.63, 3.8) is 0 Å². The predicted octanol–water partition coefficient (Wildman–Crippen LogP) is 4.19. The Morgan fingerprint density at radius 2 is 1.65 bits per heavy atom. The molecule has 2 N–H and O–H groups in total. The molecule has 3 aromatic carbocycles. The van der Waals surface area contributed by atoms with Crippen LogP contribution in [0.2, 0.25) is 0 Å². The van der Waals surface area contributed by atoms with Crippen LogP contribution in [0.4, 0.5) is 0 Å². The molecule has 31 heavy (non-hydrogen) atoms. The van der Waals surface area contributed by atoms with E-state index in [1.165, 1.54) is 11.1 Å². The summed E-state index contributed by atoms with van der Waals surface area (Å²) < 4.78 is 5.74. The summed E-state index contributed by atoms with van der Waals surface area (Å²) in [5.41, 5.74) is 4.04. The number of aryl methyl sites for hydroxylation is 1. The Bertz CT molecular complexity index is 1030. The summed E-state index contributed by atoms with van der Waals surface area (Å²) in [4.78, 5) is 24.8. The Hall–Kier alpha value is -3.60. The number of carbonyl (C=O) groups excluding carboxylic acids is 2. The lowest BCUT2D eigenvalue weighted by Gasteiger charge is -2.26. The number of rotatable bonds is 7. The molecule has 5 nitrogen and oxygen atoms in total. The third-order valence-electron chi connectivity index (χ3n) is 5.48. The van der Waals surface area contributed by atoms with Crippen LogP contribution in [0.3, 0.4) is 0 Å². The third kappa shape index (κ3) is 5.51.